The first-order chi connectivity index (χ1) is 14.6. The van der Waals surface area contributed by atoms with Crippen molar-refractivity contribution in [3.05, 3.63) is 69.6 Å². The van der Waals surface area contributed by atoms with Crippen molar-refractivity contribution >= 4 is 29.0 Å². The molecule has 2 aromatic heterocycles. The van der Waals surface area contributed by atoms with Crippen LogP contribution in [0.4, 0.5) is 5.82 Å². The summed E-state index contributed by atoms with van der Waals surface area (Å²) in [7, 11) is 0. The maximum absolute atomic E-state index is 8.84. The molecule has 1 fully saturated rings. The minimum absolute atomic E-state index is 0.515. The molecule has 1 N–H and O–H groups in total. The summed E-state index contributed by atoms with van der Waals surface area (Å²) in [5, 5.41) is 13.4. The first-order valence-electron chi connectivity index (χ1n) is 10.1. The third-order valence-corrected chi connectivity index (χ3v) is 5.58. The van der Waals surface area contributed by atoms with Crippen LogP contribution in [0.25, 0.3) is 11.4 Å². The van der Waals surface area contributed by atoms with Gasteiger partial charge < -0.3 is 5.32 Å². The van der Waals surface area contributed by atoms with E-state index in [0.717, 1.165) is 48.6 Å². The summed E-state index contributed by atoms with van der Waals surface area (Å²) >= 11 is 12.4. The number of hydrogen-bond acceptors (Lipinski definition) is 5. The van der Waals surface area contributed by atoms with Crippen LogP contribution in [0.1, 0.15) is 48.6 Å². The van der Waals surface area contributed by atoms with E-state index in [4.69, 9.17) is 33.4 Å². The molecule has 1 aromatic carbocycles. The van der Waals surface area contributed by atoms with E-state index in [1.54, 1.807) is 18.3 Å². The van der Waals surface area contributed by atoms with Crippen molar-refractivity contribution in [2.45, 2.75) is 38.0 Å². The Hall–Kier alpha value is -2.68. The van der Waals surface area contributed by atoms with E-state index >= 15 is 0 Å². The Kier molecular flexibility index (Phi) is 6.47. The molecule has 0 atom stereocenters. The second-order valence-corrected chi connectivity index (χ2v) is 8.28. The van der Waals surface area contributed by atoms with Crippen LogP contribution in [0.2, 0.25) is 10.0 Å². The summed E-state index contributed by atoms with van der Waals surface area (Å²) in [4.78, 5) is 13.7. The molecule has 0 radical (unpaired) electrons. The highest BCUT2D eigenvalue weighted by molar-refractivity contribution is 6.36. The van der Waals surface area contributed by atoms with Crippen LogP contribution in [0.3, 0.4) is 0 Å². The molecule has 0 aliphatic heterocycles. The summed E-state index contributed by atoms with van der Waals surface area (Å²) in [6.07, 6.45) is 6.83. The number of pyridine rings is 1. The predicted octanol–water partition coefficient (Wildman–Crippen LogP) is 6.03. The molecule has 0 spiro atoms. The molecule has 30 heavy (non-hydrogen) atoms. The molecular formula is C23H21Cl2N5. The van der Waals surface area contributed by atoms with E-state index in [1.165, 1.54) is 12.8 Å². The molecule has 0 saturated heterocycles. The lowest BCUT2D eigenvalue weighted by molar-refractivity contribution is 0.747. The van der Waals surface area contributed by atoms with E-state index in [1.807, 2.05) is 24.3 Å². The minimum atomic E-state index is 0.515. The SMILES string of the molecule is N#Cc1ccc(CCCCNc2cc(C3CC3)nc(-c3ccc(Cl)cc3Cl)n2)nc1. The lowest BCUT2D eigenvalue weighted by Crippen LogP contribution is -2.07. The van der Waals surface area contributed by atoms with Gasteiger partial charge in [0.15, 0.2) is 5.82 Å². The van der Waals surface area contributed by atoms with Crippen molar-refractivity contribution < 1.29 is 0 Å². The number of aryl methyl sites for hydroxylation is 1. The van der Waals surface area contributed by atoms with Gasteiger partial charge in [0.2, 0.25) is 0 Å². The fourth-order valence-electron chi connectivity index (χ4n) is 3.22. The van der Waals surface area contributed by atoms with E-state index < -0.39 is 0 Å². The largest absolute Gasteiger partial charge is 0.370 e. The zero-order chi connectivity index (χ0) is 20.9. The number of benzene rings is 1. The van der Waals surface area contributed by atoms with Crippen LogP contribution < -0.4 is 5.32 Å². The van der Waals surface area contributed by atoms with Gasteiger partial charge in [-0.05, 0) is 62.4 Å². The highest BCUT2D eigenvalue weighted by atomic mass is 35.5. The number of nitrogens with one attached hydrogen (secondary N) is 1. The van der Waals surface area contributed by atoms with Gasteiger partial charge in [0.05, 0.1) is 10.6 Å². The van der Waals surface area contributed by atoms with E-state index in [9.17, 15) is 0 Å². The lowest BCUT2D eigenvalue weighted by Gasteiger charge is -2.11. The lowest BCUT2D eigenvalue weighted by atomic mass is 10.1. The molecule has 7 heteroatoms. The van der Waals surface area contributed by atoms with E-state index in [0.29, 0.717) is 27.4 Å². The first-order valence-corrected chi connectivity index (χ1v) is 10.8. The maximum atomic E-state index is 8.84. The maximum Gasteiger partial charge on any atom is 0.163 e. The standard InChI is InChI=1S/C23H21Cl2N5/c24-17-7-9-19(20(25)11-17)23-29-21(16-5-6-16)12-22(30-23)27-10-2-1-3-18-8-4-15(13-26)14-28-18/h4,7-9,11-12,14,16H,1-3,5-6,10H2,(H,27,29,30). The molecule has 0 bridgehead atoms. The minimum Gasteiger partial charge on any atom is -0.370 e. The van der Waals surface area contributed by atoms with Gasteiger partial charge in [0.25, 0.3) is 0 Å². The molecular weight excluding hydrogens is 417 g/mol. The Morgan fingerprint density at radius 2 is 1.93 bits per heavy atom. The van der Waals surface area contributed by atoms with E-state index in [-0.39, 0.29) is 0 Å². The third-order valence-electron chi connectivity index (χ3n) is 5.03. The summed E-state index contributed by atoms with van der Waals surface area (Å²) in [6.45, 7) is 0.811. The van der Waals surface area contributed by atoms with Gasteiger partial charge in [-0.25, -0.2) is 9.97 Å². The Morgan fingerprint density at radius 3 is 2.63 bits per heavy atom. The number of aromatic nitrogens is 3. The van der Waals surface area contributed by atoms with Crippen LogP contribution in [0.15, 0.2) is 42.6 Å². The summed E-state index contributed by atoms with van der Waals surface area (Å²) in [6, 6.07) is 13.3. The number of nitriles is 1. The highest BCUT2D eigenvalue weighted by Crippen LogP contribution is 2.40. The van der Waals surface area contributed by atoms with Gasteiger partial charge in [-0.1, -0.05) is 23.2 Å². The zero-order valence-electron chi connectivity index (χ0n) is 16.4. The van der Waals surface area contributed by atoms with Crippen LogP contribution in [-0.4, -0.2) is 21.5 Å². The third kappa shape index (κ3) is 5.27. The van der Waals surface area contributed by atoms with Crippen LogP contribution in [0.5, 0.6) is 0 Å². The molecule has 1 saturated carbocycles. The molecule has 0 unspecified atom stereocenters. The van der Waals surface area contributed by atoms with Crippen molar-refractivity contribution in [1.29, 1.82) is 5.26 Å². The number of unbranched alkanes of at least 4 members (excludes halogenated alkanes) is 1. The molecule has 4 rings (SSSR count). The average molecular weight is 438 g/mol. The van der Waals surface area contributed by atoms with Gasteiger partial charge in [0, 0.05) is 46.7 Å². The Morgan fingerprint density at radius 1 is 1.07 bits per heavy atom. The normalized spacial score (nSPS) is 13.1. The smallest absolute Gasteiger partial charge is 0.163 e. The quantitative estimate of drug-likeness (QED) is 0.435. The molecule has 3 aromatic rings. The van der Waals surface area contributed by atoms with Gasteiger partial charge in [-0.2, -0.15) is 5.26 Å². The fraction of sp³-hybridized carbons (Fsp3) is 0.304. The van der Waals surface area contributed by atoms with Crippen molar-refractivity contribution in [1.82, 2.24) is 15.0 Å². The van der Waals surface area contributed by atoms with Crippen molar-refractivity contribution in [2.75, 3.05) is 11.9 Å². The molecule has 152 valence electrons. The molecule has 1 aliphatic rings. The molecule has 0 amide bonds. The van der Waals surface area contributed by atoms with Crippen molar-refractivity contribution in [3.63, 3.8) is 0 Å². The molecule has 5 nitrogen and oxygen atoms in total. The monoisotopic (exact) mass is 437 g/mol. The Bertz CT molecular complexity index is 1070. The predicted molar refractivity (Wildman–Crippen MR) is 120 cm³/mol. The average Bonchev–Trinajstić information content (AvgIpc) is 3.59. The number of rotatable bonds is 8. The zero-order valence-corrected chi connectivity index (χ0v) is 17.9. The summed E-state index contributed by atoms with van der Waals surface area (Å²) < 4.78 is 0. The highest BCUT2D eigenvalue weighted by Gasteiger charge is 2.26. The van der Waals surface area contributed by atoms with Crippen molar-refractivity contribution in [3.8, 4) is 17.5 Å². The van der Waals surface area contributed by atoms with Crippen LogP contribution in [0, 0.1) is 11.3 Å². The van der Waals surface area contributed by atoms with Gasteiger partial charge in [-0.15, -0.1) is 0 Å². The summed E-state index contributed by atoms with van der Waals surface area (Å²) in [5.74, 6) is 1.97. The van der Waals surface area contributed by atoms with Crippen molar-refractivity contribution in [2.24, 2.45) is 0 Å². The van der Waals surface area contributed by atoms with Gasteiger partial charge >= 0.3 is 0 Å². The fourth-order valence-corrected chi connectivity index (χ4v) is 3.72. The van der Waals surface area contributed by atoms with Crippen LogP contribution in [-0.2, 0) is 6.42 Å². The summed E-state index contributed by atoms with van der Waals surface area (Å²) in [5.41, 5.74) is 3.45. The van der Waals surface area contributed by atoms with E-state index in [2.05, 4.69) is 21.4 Å². The number of halogens is 2. The second-order valence-electron chi connectivity index (χ2n) is 7.43. The van der Waals surface area contributed by atoms with Gasteiger partial charge in [-0.3, -0.25) is 4.98 Å². The topological polar surface area (TPSA) is 74.5 Å². The molecule has 2 heterocycles. The first kappa shape index (κ1) is 20.6. The van der Waals surface area contributed by atoms with Gasteiger partial charge in [0.1, 0.15) is 11.9 Å². The Balaban J connectivity index is 1.38. The second kappa shape index (κ2) is 9.42. The molecule has 1 aliphatic carbocycles. The number of hydrogen-bond donors (Lipinski definition) is 1. The number of nitrogens with zero attached hydrogens (tertiary/aromatic N) is 4. The van der Waals surface area contributed by atoms with Crippen LogP contribution >= 0.6 is 23.2 Å². The Labute approximate surface area is 186 Å². The number of anilines is 1.